The van der Waals surface area contributed by atoms with Gasteiger partial charge in [0.05, 0.1) is 11.1 Å². The molecule has 0 radical (unpaired) electrons. The number of carbonyl (C=O) groups excluding carboxylic acids is 1. The maximum Gasteiger partial charge on any atom is 0.252 e. The van der Waals surface area contributed by atoms with Crippen molar-refractivity contribution in [3.63, 3.8) is 0 Å². The summed E-state index contributed by atoms with van der Waals surface area (Å²) in [5, 5.41) is 3.95. The molecule has 4 nitrogen and oxygen atoms in total. The Kier molecular flexibility index (Phi) is 4.35. The van der Waals surface area contributed by atoms with E-state index >= 15 is 0 Å². The van der Waals surface area contributed by atoms with Gasteiger partial charge in [-0.1, -0.05) is 11.6 Å². The second-order valence-electron chi connectivity index (χ2n) is 6.87. The van der Waals surface area contributed by atoms with Crippen LogP contribution in [0.2, 0.25) is 0 Å². The fourth-order valence-electron chi connectivity index (χ4n) is 2.99. The Bertz CT molecular complexity index is 748. The lowest BCUT2D eigenvalue weighted by atomic mass is 10.00. The Morgan fingerprint density at radius 1 is 1.35 bits per heavy atom. The Morgan fingerprint density at radius 2 is 2.09 bits per heavy atom. The molecule has 122 valence electrons. The van der Waals surface area contributed by atoms with Crippen LogP contribution in [0.1, 0.15) is 59.3 Å². The summed E-state index contributed by atoms with van der Waals surface area (Å²) in [6.07, 6.45) is 3.13. The summed E-state index contributed by atoms with van der Waals surface area (Å²) in [4.78, 5) is 17.5. The van der Waals surface area contributed by atoms with Gasteiger partial charge in [-0.3, -0.25) is 9.78 Å². The van der Waals surface area contributed by atoms with E-state index < -0.39 is 0 Å². The van der Waals surface area contributed by atoms with Crippen LogP contribution >= 0.6 is 0 Å². The van der Waals surface area contributed by atoms with Gasteiger partial charge in [0.25, 0.3) is 5.91 Å². The van der Waals surface area contributed by atoms with Gasteiger partial charge in [-0.15, -0.1) is 0 Å². The van der Waals surface area contributed by atoms with Gasteiger partial charge in [-0.05, 0) is 57.7 Å². The minimum Gasteiger partial charge on any atom is -0.352 e. The first-order chi connectivity index (χ1) is 11.0. The third-order valence-corrected chi connectivity index (χ3v) is 4.39. The molecule has 3 N–H and O–H groups in total. The number of pyridine rings is 1. The van der Waals surface area contributed by atoms with E-state index in [1.165, 1.54) is 12.8 Å². The lowest BCUT2D eigenvalue weighted by Crippen LogP contribution is -2.29. The van der Waals surface area contributed by atoms with E-state index in [9.17, 15) is 4.79 Å². The molecule has 1 fully saturated rings. The number of amides is 1. The molecule has 4 heteroatoms. The number of hydrogen-bond acceptors (Lipinski definition) is 3. The highest BCUT2D eigenvalue weighted by Crippen LogP contribution is 2.40. The summed E-state index contributed by atoms with van der Waals surface area (Å²) >= 11 is 0. The summed E-state index contributed by atoms with van der Waals surface area (Å²) in [7, 11) is 0. The summed E-state index contributed by atoms with van der Waals surface area (Å²) in [5.74, 6) is 0.501. The number of fused-ring (bicyclic) bond motifs is 1. The highest BCUT2D eigenvalue weighted by atomic mass is 16.1. The maximum atomic E-state index is 12.7. The lowest BCUT2D eigenvalue weighted by Gasteiger charge is -2.13. The smallest absolute Gasteiger partial charge is 0.252 e. The van der Waals surface area contributed by atoms with Crippen molar-refractivity contribution >= 4 is 16.8 Å². The first-order valence-electron chi connectivity index (χ1n) is 8.41. The van der Waals surface area contributed by atoms with Crippen LogP contribution < -0.4 is 11.1 Å². The van der Waals surface area contributed by atoms with Crippen LogP contribution in [0.25, 0.3) is 10.9 Å². The van der Waals surface area contributed by atoms with Gasteiger partial charge < -0.3 is 11.1 Å². The molecule has 1 heterocycles. The van der Waals surface area contributed by atoms with Gasteiger partial charge in [-0.2, -0.15) is 0 Å². The first-order valence-corrected chi connectivity index (χ1v) is 8.41. The second kappa shape index (κ2) is 6.28. The Hall–Kier alpha value is -1.94. The van der Waals surface area contributed by atoms with Crippen LogP contribution in [0.15, 0.2) is 18.2 Å². The molecule has 1 aliphatic carbocycles. The average Bonchev–Trinajstić information content (AvgIpc) is 3.30. The van der Waals surface area contributed by atoms with E-state index in [1.54, 1.807) is 0 Å². The SMILES string of the molecule is Cc1cc(C)c2nc(C3CC3)cc(C(=O)NCCC(C)N)c2c1. The van der Waals surface area contributed by atoms with Crippen molar-refractivity contribution < 1.29 is 4.79 Å². The molecule has 1 saturated carbocycles. The van der Waals surface area contributed by atoms with Gasteiger partial charge >= 0.3 is 0 Å². The minimum atomic E-state index is -0.0232. The molecular weight excluding hydrogens is 286 g/mol. The van der Waals surface area contributed by atoms with E-state index in [2.05, 4.69) is 31.3 Å². The zero-order chi connectivity index (χ0) is 16.6. The maximum absolute atomic E-state index is 12.7. The van der Waals surface area contributed by atoms with E-state index in [-0.39, 0.29) is 11.9 Å². The normalized spacial score (nSPS) is 15.7. The molecule has 0 bridgehead atoms. The van der Waals surface area contributed by atoms with Crippen molar-refractivity contribution in [3.8, 4) is 0 Å². The third kappa shape index (κ3) is 3.53. The third-order valence-electron chi connectivity index (χ3n) is 4.39. The van der Waals surface area contributed by atoms with Gasteiger partial charge in [0.1, 0.15) is 0 Å². The summed E-state index contributed by atoms with van der Waals surface area (Å²) in [6, 6.07) is 6.27. The molecule has 0 spiro atoms. The Balaban J connectivity index is 2.01. The average molecular weight is 311 g/mol. The molecule has 1 aromatic heterocycles. The number of carbonyl (C=O) groups is 1. The van der Waals surface area contributed by atoms with Crippen LogP contribution in [0.3, 0.4) is 0 Å². The van der Waals surface area contributed by atoms with Crippen LogP contribution in [-0.2, 0) is 0 Å². The van der Waals surface area contributed by atoms with Gasteiger partial charge in [0, 0.05) is 29.6 Å². The van der Waals surface area contributed by atoms with Crippen molar-refractivity contribution in [2.24, 2.45) is 5.73 Å². The number of aryl methyl sites for hydroxylation is 2. The molecule has 0 saturated heterocycles. The molecule has 0 aliphatic heterocycles. The van der Waals surface area contributed by atoms with Crippen LogP contribution in [-0.4, -0.2) is 23.5 Å². The molecule has 23 heavy (non-hydrogen) atoms. The highest BCUT2D eigenvalue weighted by molar-refractivity contribution is 6.07. The summed E-state index contributed by atoms with van der Waals surface area (Å²) in [6.45, 7) is 6.67. The summed E-state index contributed by atoms with van der Waals surface area (Å²) < 4.78 is 0. The van der Waals surface area contributed by atoms with Crippen LogP contribution in [0.4, 0.5) is 0 Å². The molecule has 2 aromatic rings. The molecule has 1 unspecified atom stereocenters. The number of nitrogens with two attached hydrogens (primary N) is 1. The molecule has 1 atom stereocenters. The largest absolute Gasteiger partial charge is 0.352 e. The van der Waals surface area contributed by atoms with Crippen LogP contribution in [0, 0.1) is 13.8 Å². The van der Waals surface area contributed by atoms with E-state index in [0.29, 0.717) is 12.5 Å². The molecule has 1 aromatic carbocycles. The van der Waals surface area contributed by atoms with Gasteiger partial charge in [0.15, 0.2) is 0 Å². The fraction of sp³-hybridized carbons (Fsp3) is 0.474. The Labute approximate surface area is 137 Å². The first kappa shape index (κ1) is 15.9. The predicted octanol–water partition coefficient (Wildman–Crippen LogP) is 3.20. The zero-order valence-electron chi connectivity index (χ0n) is 14.1. The van der Waals surface area contributed by atoms with E-state index in [4.69, 9.17) is 10.7 Å². The monoisotopic (exact) mass is 311 g/mol. The van der Waals surface area contributed by atoms with E-state index in [0.717, 1.165) is 39.7 Å². The van der Waals surface area contributed by atoms with Crippen molar-refractivity contribution in [1.29, 1.82) is 0 Å². The van der Waals surface area contributed by atoms with Crippen molar-refractivity contribution in [2.75, 3.05) is 6.54 Å². The van der Waals surface area contributed by atoms with Gasteiger partial charge in [-0.25, -0.2) is 0 Å². The number of hydrogen-bond donors (Lipinski definition) is 2. The predicted molar refractivity (Wildman–Crippen MR) is 93.8 cm³/mol. The quantitative estimate of drug-likeness (QED) is 0.891. The van der Waals surface area contributed by atoms with Crippen LogP contribution in [0.5, 0.6) is 0 Å². The number of nitrogens with one attached hydrogen (secondary N) is 1. The van der Waals surface area contributed by atoms with Crippen molar-refractivity contribution in [2.45, 2.75) is 52.0 Å². The Morgan fingerprint density at radius 3 is 2.74 bits per heavy atom. The molecule has 1 amide bonds. The number of rotatable bonds is 5. The zero-order valence-corrected chi connectivity index (χ0v) is 14.1. The second-order valence-corrected chi connectivity index (χ2v) is 6.87. The number of aromatic nitrogens is 1. The molecule has 3 rings (SSSR count). The topological polar surface area (TPSA) is 68.0 Å². The highest BCUT2D eigenvalue weighted by Gasteiger charge is 2.27. The van der Waals surface area contributed by atoms with E-state index in [1.807, 2.05) is 13.0 Å². The van der Waals surface area contributed by atoms with Crippen molar-refractivity contribution in [1.82, 2.24) is 10.3 Å². The lowest BCUT2D eigenvalue weighted by molar-refractivity contribution is 0.0954. The summed E-state index contributed by atoms with van der Waals surface area (Å²) in [5.41, 5.74) is 10.8. The van der Waals surface area contributed by atoms with Gasteiger partial charge in [0.2, 0.25) is 0 Å². The molecular formula is C19H25N3O. The fourth-order valence-corrected chi connectivity index (χ4v) is 2.99. The number of nitrogens with zero attached hydrogens (tertiary/aromatic N) is 1. The standard InChI is InChI=1S/C19H25N3O/c1-11-8-12(2)18-15(9-11)16(10-17(22-18)14-4-5-14)19(23)21-7-6-13(3)20/h8-10,13-14H,4-7,20H2,1-3H3,(H,21,23). The minimum absolute atomic E-state index is 0.0232. The van der Waals surface area contributed by atoms with Crippen molar-refractivity contribution in [3.05, 3.63) is 40.6 Å². The molecule has 1 aliphatic rings. The number of benzene rings is 1.